The number of amides is 1. The minimum absolute atomic E-state index is 0.0797. The van der Waals surface area contributed by atoms with Gasteiger partial charge in [-0.2, -0.15) is 4.99 Å². The van der Waals surface area contributed by atoms with E-state index >= 15 is 0 Å². The maximum absolute atomic E-state index is 12.6. The summed E-state index contributed by atoms with van der Waals surface area (Å²) in [5.74, 6) is -0.102. The number of hydrogen-bond donors (Lipinski definition) is 0. The van der Waals surface area contributed by atoms with Crippen molar-refractivity contribution in [3.05, 3.63) is 64.7 Å². The Balaban J connectivity index is 1.66. The zero-order chi connectivity index (χ0) is 19.9. The van der Waals surface area contributed by atoms with Crippen molar-refractivity contribution in [2.75, 3.05) is 16.4 Å². The van der Waals surface area contributed by atoms with Crippen LogP contribution in [0.25, 0.3) is 0 Å². The van der Waals surface area contributed by atoms with Gasteiger partial charge in [0.1, 0.15) is 0 Å². The highest BCUT2D eigenvalue weighted by Gasteiger charge is 2.49. The molecule has 28 heavy (non-hydrogen) atoms. The van der Waals surface area contributed by atoms with Crippen LogP contribution in [-0.2, 0) is 21.1 Å². The molecule has 0 bridgehead atoms. The van der Waals surface area contributed by atoms with E-state index in [0.29, 0.717) is 10.2 Å². The van der Waals surface area contributed by atoms with Crippen LogP contribution in [0.3, 0.4) is 0 Å². The van der Waals surface area contributed by atoms with Crippen molar-refractivity contribution in [3.63, 3.8) is 0 Å². The number of sulfone groups is 1. The third-order valence-corrected chi connectivity index (χ3v) is 8.44. The lowest BCUT2D eigenvalue weighted by Crippen LogP contribution is -2.37. The van der Waals surface area contributed by atoms with Crippen LogP contribution in [0.1, 0.15) is 11.1 Å². The molecule has 2 aromatic carbocycles. The van der Waals surface area contributed by atoms with Gasteiger partial charge in [0.05, 0.1) is 24.0 Å². The number of hydrogen-bond acceptors (Lipinski definition) is 4. The van der Waals surface area contributed by atoms with Crippen LogP contribution in [0.15, 0.2) is 53.5 Å². The average Bonchev–Trinajstić information content (AvgIpc) is 3.07. The molecule has 2 aliphatic rings. The van der Waals surface area contributed by atoms with Gasteiger partial charge in [0.25, 0.3) is 5.91 Å². The van der Waals surface area contributed by atoms with E-state index in [0.717, 1.165) is 16.8 Å². The predicted molar refractivity (Wildman–Crippen MR) is 115 cm³/mol. The molecule has 0 saturated carbocycles. The number of halogens is 1. The van der Waals surface area contributed by atoms with Crippen LogP contribution in [0, 0.1) is 6.92 Å². The van der Waals surface area contributed by atoms with Gasteiger partial charge in [-0.15, -0.1) is 0 Å². The van der Waals surface area contributed by atoms with Crippen molar-refractivity contribution in [3.8, 4) is 0 Å². The number of aliphatic imine (C=N–C) groups is 1. The Morgan fingerprint density at radius 3 is 2.75 bits per heavy atom. The number of thioether (sulfide) groups is 1. The number of benzene rings is 2. The summed E-state index contributed by atoms with van der Waals surface area (Å²) in [6.07, 6.45) is 0.110. The fourth-order valence-electron chi connectivity index (χ4n) is 3.60. The minimum atomic E-state index is -3.08. The molecule has 0 N–H and O–H groups in total. The fraction of sp³-hybridized carbons (Fsp3) is 0.300. The van der Waals surface area contributed by atoms with E-state index in [1.807, 2.05) is 54.3 Å². The van der Waals surface area contributed by atoms with Crippen LogP contribution in [0.2, 0.25) is 5.02 Å². The number of carbonyl (C=O) groups is 1. The van der Waals surface area contributed by atoms with Crippen LogP contribution in [-0.4, -0.2) is 42.3 Å². The largest absolute Gasteiger partial charge is 0.316 e. The second-order valence-corrected chi connectivity index (χ2v) is 10.8. The molecule has 2 fully saturated rings. The molecule has 2 atom stereocenters. The lowest BCUT2D eigenvalue weighted by Gasteiger charge is -2.24. The predicted octanol–water partition coefficient (Wildman–Crippen LogP) is 3.49. The molecule has 0 spiro atoms. The SMILES string of the molecule is Cc1cccc(N2C(=NC(=O)Cc3ccccc3Cl)S[C@H]3CS(=O)(=O)C[C@H]32)c1. The first-order chi connectivity index (χ1) is 13.3. The zero-order valence-corrected chi connectivity index (χ0v) is 17.6. The lowest BCUT2D eigenvalue weighted by atomic mass is 10.1. The Hall–Kier alpha value is -1.83. The van der Waals surface area contributed by atoms with Crippen molar-refractivity contribution in [1.82, 2.24) is 0 Å². The average molecular weight is 435 g/mol. The van der Waals surface area contributed by atoms with E-state index in [2.05, 4.69) is 4.99 Å². The number of anilines is 1. The van der Waals surface area contributed by atoms with Gasteiger partial charge < -0.3 is 4.90 Å². The molecule has 2 aliphatic heterocycles. The highest BCUT2D eigenvalue weighted by atomic mass is 35.5. The van der Waals surface area contributed by atoms with Gasteiger partial charge in [-0.3, -0.25) is 4.79 Å². The monoisotopic (exact) mass is 434 g/mol. The van der Waals surface area contributed by atoms with Crippen molar-refractivity contribution in [2.45, 2.75) is 24.6 Å². The summed E-state index contributed by atoms with van der Waals surface area (Å²) < 4.78 is 24.3. The Morgan fingerprint density at radius 1 is 1.21 bits per heavy atom. The first-order valence-electron chi connectivity index (χ1n) is 8.90. The molecule has 5 nitrogen and oxygen atoms in total. The summed E-state index contributed by atoms with van der Waals surface area (Å²) >= 11 is 7.53. The number of rotatable bonds is 3. The molecule has 0 aromatic heterocycles. The summed E-state index contributed by atoms with van der Waals surface area (Å²) in [7, 11) is -3.08. The second-order valence-electron chi connectivity index (χ2n) is 7.07. The van der Waals surface area contributed by atoms with E-state index in [4.69, 9.17) is 11.6 Å². The summed E-state index contributed by atoms with van der Waals surface area (Å²) in [5, 5.41) is 0.985. The van der Waals surface area contributed by atoms with E-state index in [1.54, 1.807) is 6.07 Å². The second kappa shape index (κ2) is 7.54. The molecule has 8 heteroatoms. The van der Waals surface area contributed by atoms with Crippen LogP contribution in [0.4, 0.5) is 5.69 Å². The fourth-order valence-corrected chi connectivity index (χ4v) is 7.73. The van der Waals surface area contributed by atoms with Crippen molar-refractivity contribution < 1.29 is 13.2 Å². The molecular weight excluding hydrogens is 416 g/mol. The summed E-state index contributed by atoms with van der Waals surface area (Å²) in [5.41, 5.74) is 2.65. The molecule has 1 amide bonds. The number of aryl methyl sites for hydroxylation is 1. The molecular formula is C20H19ClN2O3S2. The van der Waals surface area contributed by atoms with Crippen LogP contribution >= 0.6 is 23.4 Å². The quantitative estimate of drug-likeness (QED) is 0.739. The van der Waals surface area contributed by atoms with Gasteiger partial charge in [0.15, 0.2) is 15.0 Å². The third kappa shape index (κ3) is 3.97. The van der Waals surface area contributed by atoms with Gasteiger partial charge in [-0.1, -0.05) is 53.7 Å². The first-order valence-corrected chi connectivity index (χ1v) is 12.0. The topological polar surface area (TPSA) is 66.8 Å². The highest BCUT2D eigenvalue weighted by Crippen LogP contribution is 2.41. The summed E-state index contributed by atoms with van der Waals surface area (Å²) in [6.45, 7) is 1.98. The molecule has 2 aromatic rings. The van der Waals surface area contributed by atoms with Crippen LogP contribution in [0.5, 0.6) is 0 Å². The van der Waals surface area contributed by atoms with E-state index in [1.165, 1.54) is 11.8 Å². The van der Waals surface area contributed by atoms with Gasteiger partial charge in [-0.25, -0.2) is 8.42 Å². The van der Waals surface area contributed by atoms with Gasteiger partial charge in [0, 0.05) is 16.0 Å². The Labute approximate surface area is 173 Å². The zero-order valence-electron chi connectivity index (χ0n) is 15.2. The smallest absolute Gasteiger partial charge is 0.252 e. The minimum Gasteiger partial charge on any atom is -0.316 e. The summed E-state index contributed by atoms with van der Waals surface area (Å²) in [4.78, 5) is 18.9. The number of fused-ring (bicyclic) bond motifs is 1. The number of nitrogens with zero attached hydrogens (tertiary/aromatic N) is 2. The molecule has 0 radical (unpaired) electrons. The molecule has 146 valence electrons. The lowest BCUT2D eigenvalue weighted by molar-refractivity contribution is -0.117. The first kappa shape index (κ1) is 19.5. The molecule has 4 rings (SSSR count). The van der Waals surface area contributed by atoms with Gasteiger partial charge >= 0.3 is 0 Å². The Morgan fingerprint density at radius 2 is 2.00 bits per heavy atom. The van der Waals surface area contributed by atoms with Gasteiger partial charge in [0.2, 0.25) is 0 Å². The van der Waals surface area contributed by atoms with Crippen molar-refractivity contribution in [1.29, 1.82) is 0 Å². The normalized spacial score (nSPS) is 24.5. The van der Waals surface area contributed by atoms with Crippen molar-refractivity contribution >= 4 is 50.0 Å². The molecule has 2 saturated heterocycles. The van der Waals surface area contributed by atoms with Gasteiger partial charge in [-0.05, 0) is 36.2 Å². The molecule has 0 aliphatic carbocycles. The third-order valence-electron chi connectivity index (χ3n) is 4.87. The van der Waals surface area contributed by atoms with Crippen molar-refractivity contribution in [2.24, 2.45) is 4.99 Å². The van der Waals surface area contributed by atoms with Crippen LogP contribution < -0.4 is 4.90 Å². The number of amidine groups is 1. The maximum Gasteiger partial charge on any atom is 0.252 e. The standard InChI is InChI=1S/C20H19ClN2O3S2/c1-13-5-4-7-15(9-13)23-17-11-28(25,26)12-18(17)27-20(23)22-19(24)10-14-6-2-3-8-16(14)21/h2-9,17-18H,10-12H2,1H3/t17-,18+/m1/s1. The highest BCUT2D eigenvalue weighted by molar-refractivity contribution is 8.16. The Kier molecular flexibility index (Phi) is 5.24. The molecule has 0 unspecified atom stereocenters. The Bertz CT molecular complexity index is 1070. The summed E-state index contributed by atoms with van der Waals surface area (Å²) in [6, 6.07) is 14.8. The van der Waals surface area contributed by atoms with E-state index in [9.17, 15) is 13.2 Å². The number of carbonyl (C=O) groups excluding carboxylic acids is 1. The van der Waals surface area contributed by atoms with E-state index in [-0.39, 0.29) is 35.1 Å². The van der Waals surface area contributed by atoms with E-state index < -0.39 is 9.84 Å². The maximum atomic E-state index is 12.6. The molecule has 2 heterocycles.